The van der Waals surface area contributed by atoms with Crippen LogP contribution < -0.4 is 0 Å². The van der Waals surface area contributed by atoms with Crippen LogP contribution in [0.1, 0.15) is 28.9 Å². The van der Waals surface area contributed by atoms with E-state index in [2.05, 4.69) is 17.1 Å². The van der Waals surface area contributed by atoms with E-state index < -0.39 is 5.97 Å². The van der Waals surface area contributed by atoms with Crippen LogP contribution in [-0.2, 0) is 13.1 Å². The minimum atomic E-state index is -0.861. The summed E-state index contributed by atoms with van der Waals surface area (Å²) in [6.45, 7) is 1.53. The Hall–Kier alpha value is -2.82. The molecule has 4 rings (SSSR count). The highest BCUT2D eigenvalue weighted by Gasteiger charge is 2.25. The molecule has 0 spiro atoms. The molecule has 3 aromatic rings. The molecule has 0 amide bonds. The monoisotopic (exact) mass is 321 g/mol. The van der Waals surface area contributed by atoms with Gasteiger partial charge in [-0.25, -0.2) is 9.78 Å². The number of carboxylic acids is 1. The molecule has 1 saturated carbocycles. The quantitative estimate of drug-likeness (QED) is 0.754. The normalized spacial score (nSPS) is 14.7. The molecule has 1 fully saturated rings. The predicted octanol–water partition coefficient (Wildman–Crippen LogP) is 3.66. The summed E-state index contributed by atoms with van der Waals surface area (Å²) in [5, 5.41) is 10.5. The summed E-state index contributed by atoms with van der Waals surface area (Å²) in [4.78, 5) is 15.7. The Morgan fingerprint density at radius 2 is 2.25 bits per heavy atom. The zero-order valence-electron chi connectivity index (χ0n) is 13.3. The number of carbonyl (C=O) groups is 1. The molecule has 2 aromatic heterocycles. The van der Waals surface area contributed by atoms with Gasteiger partial charge in [0.05, 0.1) is 11.8 Å². The van der Waals surface area contributed by atoms with Crippen LogP contribution in [0.5, 0.6) is 0 Å². The minimum absolute atomic E-state index is 0.382. The second kappa shape index (κ2) is 6.00. The van der Waals surface area contributed by atoms with Crippen molar-refractivity contribution in [2.45, 2.75) is 25.9 Å². The van der Waals surface area contributed by atoms with Crippen LogP contribution in [0, 0.1) is 5.92 Å². The topological polar surface area (TPSA) is 60.0 Å². The molecule has 0 aliphatic heterocycles. The molecule has 0 radical (unpaired) electrons. The van der Waals surface area contributed by atoms with Crippen LogP contribution in [0.2, 0.25) is 0 Å². The minimum Gasteiger partial charge on any atom is -0.477 e. The van der Waals surface area contributed by atoms with E-state index in [0.717, 1.165) is 29.6 Å². The molecule has 122 valence electrons. The Morgan fingerprint density at radius 1 is 1.38 bits per heavy atom. The lowest BCUT2D eigenvalue weighted by Crippen LogP contribution is -2.10. The number of aromatic nitrogens is 3. The molecule has 1 aromatic carbocycles. The molecule has 2 heterocycles. The maximum Gasteiger partial charge on any atom is 0.352 e. The van der Waals surface area contributed by atoms with Gasteiger partial charge in [-0.2, -0.15) is 0 Å². The lowest BCUT2D eigenvalue weighted by molar-refractivity contribution is 0.0685. The third-order valence-electron chi connectivity index (χ3n) is 4.48. The van der Waals surface area contributed by atoms with Crippen LogP contribution in [0.4, 0.5) is 0 Å². The molecule has 5 heteroatoms. The number of para-hydroxylation sites is 1. The van der Waals surface area contributed by atoms with Crippen molar-refractivity contribution < 1.29 is 9.90 Å². The second-order valence-corrected chi connectivity index (χ2v) is 6.34. The van der Waals surface area contributed by atoms with Gasteiger partial charge in [-0.1, -0.05) is 30.4 Å². The number of carboxylic acid groups (broad SMARTS) is 1. The molecule has 24 heavy (non-hydrogen) atoms. The number of imidazole rings is 1. The Labute approximate surface area is 139 Å². The average Bonchev–Trinajstić information content (AvgIpc) is 3.08. The third kappa shape index (κ3) is 2.85. The van der Waals surface area contributed by atoms with E-state index in [1.54, 1.807) is 18.6 Å². The summed E-state index contributed by atoms with van der Waals surface area (Å²) in [6.07, 6.45) is 12.0. The fourth-order valence-electron chi connectivity index (χ4n) is 3.11. The lowest BCUT2D eigenvalue weighted by Gasteiger charge is -2.09. The van der Waals surface area contributed by atoms with E-state index >= 15 is 0 Å². The van der Waals surface area contributed by atoms with Gasteiger partial charge in [0, 0.05) is 30.9 Å². The summed E-state index contributed by atoms with van der Waals surface area (Å²) >= 11 is 0. The summed E-state index contributed by atoms with van der Waals surface area (Å²) in [6, 6.07) is 7.79. The van der Waals surface area contributed by atoms with Crippen molar-refractivity contribution in [3.05, 3.63) is 60.3 Å². The summed E-state index contributed by atoms with van der Waals surface area (Å²) < 4.78 is 3.97. The lowest BCUT2D eigenvalue weighted by atomic mass is 10.1. The molecule has 0 unspecified atom stereocenters. The second-order valence-electron chi connectivity index (χ2n) is 6.34. The molecule has 1 aliphatic rings. The van der Waals surface area contributed by atoms with Gasteiger partial charge >= 0.3 is 5.97 Å². The van der Waals surface area contributed by atoms with Gasteiger partial charge in [0.15, 0.2) is 0 Å². The smallest absolute Gasteiger partial charge is 0.352 e. The van der Waals surface area contributed by atoms with E-state index in [9.17, 15) is 9.90 Å². The van der Waals surface area contributed by atoms with Gasteiger partial charge in [0.1, 0.15) is 5.69 Å². The number of hydrogen-bond acceptors (Lipinski definition) is 2. The highest BCUT2D eigenvalue weighted by Crippen LogP contribution is 2.34. The summed E-state index contributed by atoms with van der Waals surface area (Å²) in [7, 11) is 0. The van der Waals surface area contributed by atoms with E-state index in [1.165, 1.54) is 12.8 Å². The first kappa shape index (κ1) is 14.8. The number of allylic oxidation sites excluding steroid dienone is 1. The van der Waals surface area contributed by atoms with E-state index in [4.69, 9.17) is 0 Å². The third-order valence-corrected chi connectivity index (χ3v) is 4.48. The van der Waals surface area contributed by atoms with Crippen LogP contribution in [0.3, 0.4) is 0 Å². The Bertz CT molecular complexity index is 902. The molecule has 0 atom stereocenters. The van der Waals surface area contributed by atoms with Crippen molar-refractivity contribution in [3.63, 3.8) is 0 Å². The molecule has 1 N–H and O–H groups in total. The van der Waals surface area contributed by atoms with Gasteiger partial charge in [-0.15, -0.1) is 0 Å². The molecule has 5 nitrogen and oxygen atoms in total. The highest BCUT2D eigenvalue weighted by atomic mass is 16.4. The average molecular weight is 321 g/mol. The van der Waals surface area contributed by atoms with Crippen LogP contribution in [0.15, 0.2) is 49.1 Å². The van der Waals surface area contributed by atoms with Crippen LogP contribution in [0.25, 0.3) is 17.0 Å². The maximum absolute atomic E-state index is 11.6. The van der Waals surface area contributed by atoms with E-state index in [1.807, 2.05) is 33.5 Å². The number of aromatic carboxylic acids is 1. The molecular weight excluding hydrogens is 302 g/mol. The first-order valence-electron chi connectivity index (χ1n) is 8.20. The molecule has 0 bridgehead atoms. The molecule has 0 saturated heterocycles. The zero-order valence-corrected chi connectivity index (χ0v) is 13.3. The molecular formula is C19H19N3O2. The van der Waals surface area contributed by atoms with Gasteiger partial charge in [-0.3, -0.25) is 0 Å². The maximum atomic E-state index is 11.6. The number of hydrogen-bond donors (Lipinski definition) is 1. The fourth-order valence-corrected chi connectivity index (χ4v) is 3.11. The Morgan fingerprint density at radius 3 is 2.96 bits per heavy atom. The predicted molar refractivity (Wildman–Crippen MR) is 92.9 cm³/mol. The number of rotatable bonds is 6. The standard InChI is InChI=1S/C19H19N3O2/c23-19(24)17-11-16-4-1-3-15(5-2-9-21-10-8-20-13-21)18(16)22(17)12-14-6-7-14/h1-5,8,10-11,13-14H,6-7,9,12H2,(H,23,24). The highest BCUT2D eigenvalue weighted by molar-refractivity contribution is 5.97. The Balaban J connectivity index is 1.74. The largest absolute Gasteiger partial charge is 0.477 e. The van der Waals surface area contributed by atoms with Gasteiger partial charge in [0.2, 0.25) is 0 Å². The fraction of sp³-hybridized carbons (Fsp3) is 0.263. The zero-order chi connectivity index (χ0) is 16.5. The SMILES string of the molecule is O=C(O)c1cc2cccc(C=CCn3ccnc3)c2n1CC1CC1. The number of fused-ring (bicyclic) bond motifs is 1. The van der Waals surface area contributed by atoms with E-state index in [0.29, 0.717) is 11.6 Å². The number of benzene rings is 1. The van der Waals surface area contributed by atoms with Crippen molar-refractivity contribution in [1.29, 1.82) is 0 Å². The van der Waals surface area contributed by atoms with Gasteiger partial charge < -0.3 is 14.2 Å². The van der Waals surface area contributed by atoms with Crippen molar-refractivity contribution in [2.75, 3.05) is 0 Å². The Kier molecular flexibility index (Phi) is 3.69. The van der Waals surface area contributed by atoms with Gasteiger partial charge in [-0.05, 0) is 30.4 Å². The van der Waals surface area contributed by atoms with Crippen molar-refractivity contribution >= 4 is 22.9 Å². The number of nitrogens with zero attached hydrogens (tertiary/aromatic N) is 3. The van der Waals surface area contributed by atoms with Crippen LogP contribution >= 0.6 is 0 Å². The van der Waals surface area contributed by atoms with E-state index in [-0.39, 0.29) is 0 Å². The van der Waals surface area contributed by atoms with Crippen molar-refractivity contribution in [2.24, 2.45) is 5.92 Å². The molecule has 1 aliphatic carbocycles. The van der Waals surface area contributed by atoms with Crippen molar-refractivity contribution in [3.8, 4) is 0 Å². The summed E-state index contributed by atoms with van der Waals surface area (Å²) in [5.74, 6) is -0.248. The first-order valence-corrected chi connectivity index (χ1v) is 8.20. The van der Waals surface area contributed by atoms with Gasteiger partial charge in [0.25, 0.3) is 0 Å². The first-order chi connectivity index (χ1) is 11.7. The van der Waals surface area contributed by atoms with Crippen LogP contribution in [-0.4, -0.2) is 25.2 Å². The van der Waals surface area contributed by atoms with Crippen molar-refractivity contribution in [1.82, 2.24) is 14.1 Å². The summed E-state index contributed by atoms with van der Waals surface area (Å²) in [5.41, 5.74) is 2.46.